The van der Waals surface area contributed by atoms with Crippen LogP contribution in [0.2, 0.25) is 0 Å². The van der Waals surface area contributed by atoms with Crippen molar-refractivity contribution in [2.45, 2.75) is 175 Å². The van der Waals surface area contributed by atoms with E-state index in [1.807, 2.05) is 0 Å². The van der Waals surface area contributed by atoms with E-state index in [4.69, 9.17) is 9.47 Å². The lowest BCUT2D eigenvalue weighted by Crippen LogP contribution is -2.17. The first-order valence-electron chi connectivity index (χ1n) is 15.0. The van der Waals surface area contributed by atoms with Crippen LogP contribution in [0.25, 0.3) is 0 Å². The fraction of sp³-hybridized carbons (Fsp3) is 0.933. The minimum Gasteiger partial charge on any atom is -0.466 e. The fourth-order valence-corrected chi connectivity index (χ4v) is 4.31. The summed E-state index contributed by atoms with van der Waals surface area (Å²) >= 11 is 0. The van der Waals surface area contributed by atoms with Crippen molar-refractivity contribution >= 4 is 11.9 Å². The first kappa shape index (κ1) is 32.9. The molecule has 0 saturated heterocycles. The molecule has 0 aromatic heterocycles. The van der Waals surface area contributed by atoms with Gasteiger partial charge in [-0.1, -0.05) is 117 Å². The second-order valence-corrected chi connectivity index (χ2v) is 10.0. The van der Waals surface area contributed by atoms with Gasteiger partial charge in [0.15, 0.2) is 0 Å². The minimum atomic E-state index is -0.0388. The first-order chi connectivity index (χ1) is 16.6. The second kappa shape index (κ2) is 26.5. The van der Waals surface area contributed by atoms with Gasteiger partial charge in [-0.3, -0.25) is 9.59 Å². The van der Waals surface area contributed by atoms with Gasteiger partial charge in [0.25, 0.3) is 0 Å². The van der Waals surface area contributed by atoms with E-state index in [0.717, 1.165) is 64.2 Å². The van der Waals surface area contributed by atoms with Crippen LogP contribution in [-0.4, -0.2) is 24.6 Å². The number of rotatable bonds is 26. The predicted molar refractivity (Wildman–Crippen MR) is 144 cm³/mol. The molecular weight excluding hydrogens is 424 g/mol. The number of esters is 2. The average Bonchev–Trinajstić information content (AvgIpc) is 2.83. The molecular formula is C30H58O4. The normalized spacial score (nSPS) is 12.0. The molecule has 0 aromatic rings. The highest BCUT2D eigenvalue weighted by Crippen LogP contribution is 2.14. The third kappa shape index (κ3) is 24.1. The third-order valence-corrected chi connectivity index (χ3v) is 6.66. The summed E-state index contributed by atoms with van der Waals surface area (Å²) < 4.78 is 11.0. The highest BCUT2D eigenvalue weighted by Gasteiger charge is 2.12. The molecule has 0 aromatic carbocycles. The molecule has 4 heteroatoms. The minimum absolute atomic E-state index is 0.0338. The van der Waals surface area contributed by atoms with Crippen LogP contribution in [0.1, 0.15) is 168 Å². The van der Waals surface area contributed by atoms with Gasteiger partial charge in [0.2, 0.25) is 0 Å². The van der Waals surface area contributed by atoms with E-state index in [1.54, 1.807) is 0 Å². The third-order valence-electron chi connectivity index (χ3n) is 6.66. The zero-order valence-electron chi connectivity index (χ0n) is 23.2. The monoisotopic (exact) mass is 482 g/mol. The van der Waals surface area contributed by atoms with Gasteiger partial charge in [0, 0.05) is 12.8 Å². The number of carbonyl (C=O) groups excluding carboxylic acids is 2. The summed E-state index contributed by atoms with van der Waals surface area (Å²) in [6.45, 7) is 7.13. The number of hydrogen-bond donors (Lipinski definition) is 0. The molecule has 0 saturated carbocycles. The molecule has 34 heavy (non-hydrogen) atoms. The lowest BCUT2D eigenvalue weighted by atomic mass is 10.1. The summed E-state index contributed by atoms with van der Waals surface area (Å²) in [5.74, 6) is -0.0726. The zero-order chi connectivity index (χ0) is 25.1. The van der Waals surface area contributed by atoms with Crippen LogP contribution in [0.3, 0.4) is 0 Å². The van der Waals surface area contributed by atoms with E-state index in [0.29, 0.717) is 19.4 Å². The van der Waals surface area contributed by atoms with Gasteiger partial charge in [0.1, 0.15) is 6.10 Å². The first-order valence-corrected chi connectivity index (χ1v) is 15.0. The summed E-state index contributed by atoms with van der Waals surface area (Å²) in [7, 11) is 0. The summed E-state index contributed by atoms with van der Waals surface area (Å²) in [5, 5.41) is 0. The molecule has 0 radical (unpaired) electrons. The molecule has 0 aliphatic heterocycles. The molecule has 0 fully saturated rings. The number of hydrogen-bond acceptors (Lipinski definition) is 4. The van der Waals surface area contributed by atoms with Crippen LogP contribution in [0.5, 0.6) is 0 Å². The van der Waals surface area contributed by atoms with Gasteiger partial charge in [-0.05, 0) is 38.5 Å². The van der Waals surface area contributed by atoms with Crippen molar-refractivity contribution in [3.05, 3.63) is 0 Å². The van der Waals surface area contributed by atoms with Crippen molar-refractivity contribution in [2.75, 3.05) is 6.61 Å². The lowest BCUT2D eigenvalue weighted by Gasteiger charge is -2.16. The van der Waals surface area contributed by atoms with Gasteiger partial charge in [0.05, 0.1) is 6.61 Å². The maximum atomic E-state index is 12.0. The molecule has 1 atom stereocenters. The Morgan fingerprint density at radius 2 is 0.971 bits per heavy atom. The zero-order valence-corrected chi connectivity index (χ0v) is 23.2. The average molecular weight is 483 g/mol. The molecule has 0 aliphatic carbocycles. The molecule has 1 unspecified atom stereocenters. The fourth-order valence-electron chi connectivity index (χ4n) is 4.31. The summed E-state index contributed by atoms with van der Waals surface area (Å²) in [6, 6.07) is 0. The van der Waals surface area contributed by atoms with Crippen molar-refractivity contribution in [3.63, 3.8) is 0 Å². The highest BCUT2D eigenvalue weighted by molar-refractivity contribution is 5.69. The number of carbonyl (C=O) groups is 2. The topological polar surface area (TPSA) is 52.6 Å². The van der Waals surface area contributed by atoms with Gasteiger partial charge in [-0.25, -0.2) is 0 Å². The Morgan fingerprint density at radius 1 is 0.529 bits per heavy atom. The van der Waals surface area contributed by atoms with Crippen LogP contribution in [0.15, 0.2) is 0 Å². The Morgan fingerprint density at radius 3 is 1.50 bits per heavy atom. The van der Waals surface area contributed by atoms with E-state index >= 15 is 0 Å². The standard InChI is InChI=1S/C30H58O4/c1-4-7-9-10-11-12-13-16-19-23-27-33-29(31)25-21-17-14-15-18-22-26-30(32)34-28(6-3)24-20-8-5-2/h28H,4-27H2,1-3H3. The molecule has 0 aliphatic rings. The maximum absolute atomic E-state index is 12.0. The molecule has 4 nitrogen and oxygen atoms in total. The van der Waals surface area contributed by atoms with E-state index in [2.05, 4.69) is 20.8 Å². The van der Waals surface area contributed by atoms with Crippen LogP contribution in [0, 0.1) is 0 Å². The van der Waals surface area contributed by atoms with E-state index < -0.39 is 0 Å². The highest BCUT2D eigenvalue weighted by atomic mass is 16.5. The Balaban J connectivity index is 3.39. The summed E-state index contributed by atoms with van der Waals surface area (Å²) in [4.78, 5) is 23.8. The van der Waals surface area contributed by atoms with Crippen molar-refractivity contribution in [1.29, 1.82) is 0 Å². The van der Waals surface area contributed by atoms with E-state index in [9.17, 15) is 9.59 Å². The van der Waals surface area contributed by atoms with Crippen LogP contribution >= 0.6 is 0 Å². The van der Waals surface area contributed by atoms with Gasteiger partial charge in [-0.15, -0.1) is 0 Å². The Bertz CT molecular complexity index is 449. The smallest absolute Gasteiger partial charge is 0.306 e. The van der Waals surface area contributed by atoms with Crippen LogP contribution in [0.4, 0.5) is 0 Å². The number of ether oxygens (including phenoxy) is 2. The summed E-state index contributed by atoms with van der Waals surface area (Å²) in [5.41, 5.74) is 0. The molecule has 0 bridgehead atoms. The second-order valence-electron chi connectivity index (χ2n) is 10.0. The van der Waals surface area contributed by atoms with Crippen molar-refractivity contribution in [3.8, 4) is 0 Å². The number of unbranched alkanes of at least 4 members (excludes halogenated alkanes) is 16. The lowest BCUT2D eigenvalue weighted by molar-refractivity contribution is -0.149. The molecule has 202 valence electrons. The molecule has 0 spiro atoms. The molecule has 0 heterocycles. The van der Waals surface area contributed by atoms with Crippen LogP contribution < -0.4 is 0 Å². The van der Waals surface area contributed by atoms with Crippen molar-refractivity contribution < 1.29 is 19.1 Å². The maximum Gasteiger partial charge on any atom is 0.306 e. The predicted octanol–water partition coefficient (Wildman–Crippen LogP) is 9.47. The SMILES string of the molecule is CCCCCCCCCCCCOC(=O)CCCCCCCCC(=O)OC(CC)CCCCC. The van der Waals surface area contributed by atoms with Crippen LogP contribution in [-0.2, 0) is 19.1 Å². The Labute approximate surface area is 212 Å². The molecule has 0 amide bonds. The molecule has 0 rings (SSSR count). The molecule has 0 N–H and O–H groups in total. The summed E-state index contributed by atoms with van der Waals surface area (Å²) in [6.07, 6.45) is 25.8. The quantitative estimate of drug-likeness (QED) is 0.0909. The van der Waals surface area contributed by atoms with Gasteiger partial charge >= 0.3 is 11.9 Å². The van der Waals surface area contributed by atoms with Crippen molar-refractivity contribution in [1.82, 2.24) is 0 Å². The van der Waals surface area contributed by atoms with E-state index in [-0.39, 0.29) is 18.0 Å². The van der Waals surface area contributed by atoms with E-state index in [1.165, 1.54) is 70.6 Å². The van der Waals surface area contributed by atoms with Gasteiger partial charge in [-0.2, -0.15) is 0 Å². The van der Waals surface area contributed by atoms with Crippen molar-refractivity contribution in [2.24, 2.45) is 0 Å². The van der Waals surface area contributed by atoms with Gasteiger partial charge < -0.3 is 9.47 Å². The Kier molecular flexibility index (Phi) is 25.7. The Hall–Kier alpha value is -1.06. The largest absolute Gasteiger partial charge is 0.466 e.